The Bertz CT molecular complexity index is 809. The number of rotatable bonds is 1. The van der Waals surface area contributed by atoms with Crippen LogP contribution in [-0.2, 0) is 7.05 Å². The van der Waals surface area contributed by atoms with E-state index in [0.29, 0.717) is 10.7 Å². The van der Waals surface area contributed by atoms with Crippen molar-refractivity contribution >= 4 is 22.6 Å². The van der Waals surface area contributed by atoms with Crippen LogP contribution in [0.4, 0.5) is 0 Å². The Morgan fingerprint density at radius 1 is 1.11 bits per heavy atom. The van der Waals surface area contributed by atoms with Gasteiger partial charge in [0.25, 0.3) is 5.56 Å². The van der Waals surface area contributed by atoms with Crippen molar-refractivity contribution in [3.8, 4) is 11.3 Å². The number of hydrogen-bond acceptors (Lipinski definition) is 2. The van der Waals surface area contributed by atoms with E-state index in [0.717, 1.165) is 16.6 Å². The van der Waals surface area contributed by atoms with Crippen LogP contribution >= 0.6 is 11.6 Å². The van der Waals surface area contributed by atoms with E-state index in [4.69, 9.17) is 11.6 Å². The summed E-state index contributed by atoms with van der Waals surface area (Å²) in [6, 6.07) is 14.8. The smallest absolute Gasteiger partial charge is 0.277 e. The molecule has 0 atom stereocenters. The van der Waals surface area contributed by atoms with Crippen molar-refractivity contribution in [1.82, 2.24) is 9.55 Å². The maximum absolute atomic E-state index is 12.4. The molecule has 94 valence electrons. The molecule has 0 saturated carbocycles. The van der Waals surface area contributed by atoms with Crippen molar-refractivity contribution in [2.24, 2.45) is 7.05 Å². The molecule has 0 spiro atoms. The molecule has 0 saturated heterocycles. The highest BCUT2D eigenvalue weighted by atomic mass is 35.5. The Balaban J connectivity index is 2.37. The number of fused-ring (bicyclic) bond motifs is 1. The molecule has 0 aliphatic carbocycles. The molecule has 0 amide bonds. The summed E-state index contributed by atoms with van der Waals surface area (Å²) in [6.45, 7) is 0. The third kappa shape index (κ3) is 2.02. The molecule has 0 radical (unpaired) electrons. The highest BCUT2D eigenvalue weighted by Gasteiger charge is 2.10. The van der Waals surface area contributed by atoms with Gasteiger partial charge in [0, 0.05) is 17.6 Å². The lowest BCUT2D eigenvalue weighted by Gasteiger charge is -2.08. The second-order valence-electron chi connectivity index (χ2n) is 4.32. The van der Waals surface area contributed by atoms with Crippen LogP contribution in [0.15, 0.2) is 53.3 Å². The van der Waals surface area contributed by atoms with Gasteiger partial charge in [0.15, 0.2) is 0 Å². The van der Waals surface area contributed by atoms with E-state index < -0.39 is 0 Å². The lowest BCUT2D eigenvalue weighted by Crippen LogP contribution is -2.20. The Hall–Kier alpha value is -2.13. The fourth-order valence-corrected chi connectivity index (χ4v) is 2.25. The van der Waals surface area contributed by atoms with Crippen LogP contribution in [-0.4, -0.2) is 9.55 Å². The highest BCUT2D eigenvalue weighted by Crippen LogP contribution is 2.19. The molecule has 1 aromatic heterocycles. The zero-order valence-corrected chi connectivity index (χ0v) is 11.1. The van der Waals surface area contributed by atoms with Gasteiger partial charge in [0.05, 0.1) is 11.0 Å². The fraction of sp³-hybridized carbons (Fsp3) is 0.0667. The fourth-order valence-electron chi connectivity index (χ4n) is 2.08. The molecule has 0 aliphatic rings. The van der Waals surface area contributed by atoms with E-state index in [-0.39, 0.29) is 5.56 Å². The van der Waals surface area contributed by atoms with Crippen molar-refractivity contribution in [2.75, 3.05) is 0 Å². The van der Waals surface area contributed by atoms with Crippen LogP contribution in [0, 0.1) is 0 Å². The summed E-state index contributed by atoms with van der Waals surface area (Å²) < 4.78 is 1.58. The quantitative estimate of drug-likeness (QED) is 0.680. The molecule has 3 nitrogen and oxygen atoms in total. The molecule has 3 aromatic rings. The van der Waals surface area contributed by atoms with Gasteiger partial charge >= 0.3 is 0 Å². The largest absolute Gasteiger partial charge is 0.308 e. The summed E-state index contributed by atoms with van der Waals surface area (Å²) in [5.74, 6) is 0. The Morgan fingerprint density at radius 2 is 1.84 bits per heavy atom. The summed E-state index contributed by atoms with van der Waals surface area (Å²) >= 11 is 5.96. The molecule has 3 rings (SSSR count). The first-order valence-electron chi connectivity index (χ1n) is 5.88. The molecular formula is C15H11ClN2O. The van der Waals surface area contributed by atoms with E-state index in [9.17, 15) is 4.79 Å². The number of aromatic nitrogens is 2. The van der Waals surface area contributed by atoms with Crippen molar-refractivity contribution in [3.05, 3.63) is 63.9 Å². The lowest BCUT2D eigenvalue weighted by atomic mass is 10.1. The molecule has 4 heteroatoms. The number of nitrogens with zero attached hydrogens (tertiary/aromatic N) is 2. The summed E-state index contributed by atoms with van der Waals surface area (Å²) in [5, 5.41) is 0.594. The maximum atomic E-state index is 12.4. The Labute approximate surface area is 115 Å². The van der Waals surface area contributed by atoms with Gasteiger partial charge in [0.1, 0.15) is 5.69 Å². The monoisotopic (exact) mass is 270 g/mol. The minimum absolute atomic E-state index is 0.124. The predicted molar refractivity (Wildman–Crippen MR) is 77.4 cm³/mol. The number of benzene rings is 2. The summed E-state index contributed by atoms with van der Waals surface area (Å²) in [6.07, 6.45) is 0. The minimum atomic E-state index is -0.124. The standard InChI is InChI=1S/C15H11ClN2O/c1-18-13-9-11(16)7-8-12(13)17-14(15(18)19)10-5-3-2-4-6-10/h2-9H,1H3. The molecule has 0 bridgehead atoms. The van der Waals surface area contributed by atoms with Gasteiger partial charge in [-0.15, -0.1) is 0 Å². The van der Waals surface area contributed by atoms with Crippen molar-refractivity contribution < 1.29 is 0 Å². The molecule has 0 aliphatic heterocycles. The van der Waals surface area contributed by atoms with Gasteiger partial charge in [-0.2, -0.15) is 0 Å². The zero-order valence-electron chi connectivity index (χ0n) is 10.3. The van der Waals surface area contributed by atoms with Crippen LogP contribution in [0.2, 0.25) is 5.02 Å². The second kappa shape index (κ2) is 4.52. The van der Waals surface area contributed by atoms with Gasteiger partial charge in [-0.1, -0.05) is 41.9 Å². The third-order valence-corrected chi connectivity index (χ3v) is 3.32. The first-order valence-corrected chi connectivity index (χ1v) is 6.26. The van der Waals surface area contributed by atoms with Gasteiger partial charge < -0.3 is 4.57 Å². The first-order chi connectivity index (χ1) is 9.16. The molecule has 2 aromatic carbocycles. The average Bonchev–Trinajstić information content (AvgIpc) is 2.44. The lowest BCUT2D eigenvalue weighted by molar-refractivity contribution is 0.896. The van der Waals surface area contributed by atoms with Gasteiger partial charge in [-0.25, -0.2) is 4.98 Å². The van der Waals surface area contributed by atoms with E-state index in [1.165, 1.54) is 0 Å². The minimum Gasteiger partial charge on any atom is -0.308 e. The average molecular weight is 271 g/mol. The van der Waals surface area contributed by atoms with Crippen molar-refractivity contribution in [2.45, 2.75) is 0 Å². The van der Waals surface area contributed by atoms with Gasteiger partial charge in [-0.3, -0.25) is 4.79 Å². The summed E-state index contributed by atoms with van der Waals surface area (Å²) in [5.41, 5.74) is 2.64. The van der Waals surface area contributed by atoms with Crippen LogP contribution in [0.5, 0.6) is 0 Å². The number of hydrogen-bond donors (Lipinski definition) is 0. The topological polar surface area (TPSA) is 34.9 Å². The van der Waals surface area contributed by atoms with E-state index in [2.05, 4.69) is 4.98 Å². The highest BCUT2D eigenvalue weighted by molar-refractivity contribution is 6.31. The SMILES string of the molecule is Cn1c(=O)c(-c2ccccc2)nc2ccc(Cl)cc21. The number of halogens is 1. The third-order valence-electron chi connectivity index (χ3n) is 3.09. The number of aryl methyl sites for hydroxylation is 1. The molecule has 19 heavy (non-hydrogen) atoms. The summed E-state index contributed by atoms with van der Waals surface area (Å²) in [4.78, 5) is 16.8. The van der Waals surface area contributed by atoms with Crippen molar-refractivity contribution in [3.63, 3.8) is 0 Å². The van der Waals surface area contributed by atoms with Gasteiger partial charge in [-0.05, 0) is 18.2 Å². The zero-order chi connectivity index (χ0) is 13.4. The van der Waals surface area contributed by atoms with Gasteiger partial charge in [0.2, 0.25) is 0 Å². The molecule has 1 heterocycles. The maximum Gasteiger partial charge on any atom is 0.277 e. The van der Waals surface area contributed by atoms with E-state index in [1.807, 2.05) is 36.4 Å². The van der Waals surface area contributed by atoms with Crippen molar-refractivity contribution in [1.29, 1.82) is 0 Å². The van der Waals surface area contributed by atoms with Crippen LogP contribution in [0.3, 0.4) is 0 Å². The molecular weight excluding hydrogens is 260 g/mol. The first kappa shape index (κ1) is 11.9. The van der Waals surface area contributed by atoms with Crippen LogP contribution < -0.4 is 5.56 Å². The normalized spacial score (nSPS) is 10.8. The second-order valence-corrected chi connectivity index (χ2v) is 4.76. The molecule has 0 fully saturated rings. The van der Waals surface area contributed by atoms with Crippen LogP contribution in [0.1, 0.15) is 0 Å². The Morgan fingerprint density at radius 3 is 2.58 bits per heavy atom. The predicted octanol–water partition coefficient (Wildman–Crippen LogP) is 3.25. The Kier molecular flexibility index (Phi) is 2.84. The van der Waals surface area contributed by atoms with E-state index in [1.54, 1.807) is 23.7 Å². The summed E-state index contributed by atoms with van der Waals surface area (Å²) in [7, 11) is 1.73. The van der Waals surface area contributed by atoms with E-state index >= 15 is 0 Å². The molecule has 0 N–H and O–H groups in total. The molecule has 0 unspecified atom stereocenters. The van der Waals surface area contributed by atoms with Crippen LogP contribution in [0.25, 0.3) is 22.3 Å².